The van der Waals surface area contributed by atoms with Crippen molar-refractivity contribution in [2.45, 2.75) is 31.7 Å². The summed E-state index contributed by atoms with van der Waals surface area (Å²) in [6, 6.07) is 2.34. The number of rotatable bonds is 3. The fourth-order valence-electron chi connectivity index (χ4n) is 3.56. The monoisotopic (exact) mass is 369 g/mol. The average molecular weight is 369 g/mol. The molecule has 1 saturated carbocycles. The van der Waals surface area contributed by atoms with Gasteiger partial charge in [0.15, 0.2) is 22.9 Å². The predicted octanol–water partition coefficient (Wildman–Crippen LogP) is 4.11. The zero-order chi connectivity index (χ0) is 18.5. The van der Waals surface area contributed by atoms with E-state index in [4.69, 9.17) is 0 Å². The van der Waals surface area contributed by atoms with Gasteiger partial charge in [-0.1, -0.05) is 6.42 Å². The molecule has 0 amide bonds. The van der Waals surface area contributed by atoms with E-state index in [1.54, 1.807) is 12.4 Å². The zero-order valence-corrected chi connectivity index (χ0v) is 14.2. The van der Waals surface area contributed by atoms with E-state index in [1.807, 2.05) is 4.57 Å². The van der Waals surface area contributed by atoms with Crippen LogP contribution in [0.15, 0.2) is 30.7 Å². The van der Waals surface area contributed by atoms with Crippen molar-refractivity contribution in [2.24, 2.45) is 0 Å². The Labute approximate surface area is 151 Å². The molecule has 27 heavy (non-hydrogen) atoms. The lowest BCUT2D eigenvalue weighted by molar-refractivity contribution is 0.391. The third-order valence-electron chi connectivity index (χ3n) is 5.19. The number of aromatic nitrogens is 5. The molecule has 0 radical (unpaired) electrons. The lowest BCUT2D eigenvalue weighted by atomic mass is 9.85. The SMILES string of the molecule is Fc1cnc2c(F)c(F)ccc2c1Cn1c(C2CCC2)nc2nccnc21. The van der Waals surface area contributed by atoms with Gasteiger partial charge in [0.25, 0.3) is 0 Å². The van der Waals surface area contributed by atoms with Crippen molar-refractivity contribution >= 4 is 22.2 Å². The Morgan fingerprint density at radius 2 is 1.81 bits per heavy atom. The number of hydrogen-bond donors (Lipinski definition) is 0. The third kappa shape index (κ3) is 2.47. The fraction of sp³-hybridized carbons (Fsp3) is 0.263. The van der Waals surface area contributed by atoms with Gasteiger partial charge in [0.2, 0.25) is 0 Å². The highest BCUT2D eigenvalue weighted by molar-refractivity contribution is 5.83. The molecule has 0 atom stereocenters. The quantitative estimate of drug-likeness (QED) is 0.545. The molecule has 5 rings (SSSR count). The van der Waals surface area contributed by atoms with Crippen molar-refractivity contribution in [3.63, 3.8) is 0 Å². The maximum absolute atomic E-state index is 14.6. The minimum atomic E-state index is -1.08. The summed E-state index contributed by atoms with van der Waals surface area (Å²) in [6.45, 7) is 0.0942. The molecule has 1 aliphatic carbocycles. The molecular formula is C19H14F3N5. The molecule has 1 fully saturated rings. The molecule has 136 valence electrons. The van der Waals surface area contributed by atoms with Gasteiger partial charge in [-0.2, -0.15) is 0 Å². The van der Waals surface area contributed by atoms with Crippen molar-refractivity contribution in [1.82, 2.24) is 24.5 Å². The summed E-state index contributed by atoms with van der Waals surface area (Å²) in [5.74, 6) is -1.61. The number of fused-ring (bicyclic) bond motifs is 2. The topological polar surface area (TPSA) is 56.5 Å². The Hall–Kier alpha value is -3.03. The van der Waals surface area contributed by atoms with Crippen LogP contribution in [0.25, 0.3) is 22.2 Å². The molecule has 1 aromatic carbocycles. The molecule has 8 heteroatoms. The minimum Gasteiger partial charge on any atom is -0.306 e. The maximum Gasteiger partial charge on any atom is 0.197 e. The van der Waals surface area contributed by atoms with E-state index < -0.39 is 17.5 Å². The van der Waals surface area contributed by atoms with Crippen molar-refractivity contribution in [3.05, 3.63) is 59.6 Å². The highest BCUT2D eigenvalue weighted by atomic mass is 19.2. The molecule has 0 saturated heterocycles. The minimum absolute atomic E-state index is 0.0942. The van der Waals surface area contributed by atoms with Crippen LogP contribution in [0.3, 0.4) is 0 Å². The Bertz CT molecular complexity index is 1180. The summed E-state index contributed by atoms with van der Waals surface area (Å²) in [7, 11) is 0. The van der Waals surface area contributed by atoms with Gasteiger partial charge in [0.05, 0.1) is 12.7 Å². The molecule has 0 spiro atoms. The van der Waals surface area contributed by atoms with Gasteiger partial charge in [-0.05, 0) is 25.0 Å². The van der Waals surface area contributed by atoms with E-state index in [1.165, 1.54) is 6.07 Å². The average Bonchev–Trinajstić information content (AvgIpc) is 2.97. The van der Waals surface area contributed by atoms with Crippen LogP contribution in [-0.4, -0.2) is 24.5 Å². The second kappa shape index (κ2) is 6.00. The molecule has 3 aromatic heterocycles. The molecule has 4 aromatic rings. The van der Waals surface area contributed by atoms with Gasteiger partial charge < -0.3 is 4.57 Å². The van der Waals surface area contributed by atoms with Crippen LogP contribution in [0.1, 0.15) is 36.6 Å². The molecule has 5 nitrogen and oxygen atoms in total. The fourth-order valence-corrected chi connectivity index (χ4v) is 3.56. The summed E-state index contributed by atoms with van der Waals surface area (Å²) in [5.41, 5.74) is 1.08. The lowest BCUT2D eigenvalue weighted by Gasteiger charge is -2.25. The van der Waals surface area contributed by atoms with Crippen molar-refractivity contribution in [1.29, 1.82) is 0 Å². The number of pyridine rings is 1. The maximum atomic E-state index is 14.6. The number of benzene rings is 1. The van der Waals surface area contributed by atoms with Crippen LogP contribution < -0.4 is 0 Å². The Morgan fingerprint density at radius 3 is 2.59 bits per heavy atom. The molecule has 1 aliphatic rings. The van der Waals surface area contributed by atoms with Crippen molar-refractivity contribution in [3.8, 4) is 0 Å². The van der Waals surface area contributed by atoms with Gasteiger partial charge in [0, 0.05) is 29.3 Å². The Balaban J connectivity index is 1.72. The van der Waals surface area contributed by atoms with Crippen LogP contribution in [0.4, 0.5) is 13.2 Å². The number of nitrogens with zero attached hydrogens (tertiary/aromatic N) is 5. The molecule has 0 bridgehead atoms. The molecular weight excluding hydrogens is 355 g/mol. The van der Waals surface area contributed by atoms with Crippen molar-refractivity contribution < 1.29 is 13.2 Å². The smallest absolute Gasteiger partial charge is 0.197 e. The summed E-state index contributed by atoms with van der Waals surface area (Å²) >= 11 is 0. The van der Waals surface area contributed by atoms with Crippen molar-refractivity contribution in [2.75, 3.05) is 0 Å². The second-order valence-corrected chi connectivity index (χ2v) is 6.73. The van der Waals surface area contributed by atoms with E-state index in [-0.39, 0.29) is 28.9 Å². The summed E-state index contributed by atoms with van der Waals surface area (Å²) in [6.07, 6.45) is 7.16. The number of hydrogen-bond acceptors (Lipinski definition) is 4. The predicted molar refractivity (Wildman–Crippen MR) is 92.6 cm³/mol. The molecule has 0 unspecified atom stereocenters. The van der Waals surface area contributed by atoms with Crippen LogP contribution in [-0.2, 0) is 6.54 Å². The Morgan fingerprint density at radius 1 is 1.00 bits per heavy atom. The third-order valence-corrected chi connectivity index (χ3v) is 5.19. The van der Waals surface area contributed by atoms with Crippen LogP contribution in [0.5, 0.6) is 0 Å². The molecule has 3 heterocycles. The lowest BCUT2D eigenvalue weighted by Crippen LogP contribution is -2.17. The van der Waals surface area contributed by atoms with Gasteiger partial charge in [-0.3, -0.25) is 0 Å². The van der Waals surface area contributed by atoms with Crippen LogP contribution in [0.2, 0.25) is 0 Å². The van der Waals surface area contributed by atoms with Gasteiger partial charge in [-0.15, -0.1) is 0 Å². The summed E-state index contributed by atoms with van der Waals surface area (Å²) < 4.78 is 44.1. The standard InChI is InChI=1S/C19H14F3N5/c20-13-5-4-11-12(14(21)8-25-16(11)15(13)22)9-27-18(10-2-1-3-10)26-17-19(27)24-7-6-23-17/h4-8,10H,1-3,9H2. The first-order chi connectivity index (χ1) is 13.1. The Kier molecular flexibility index (Phi) is 3.60. The number of imidazole rings is 1. The van der Waals surface area contributed by atoms with E-state index in [9.17, 15) is 13.2 Å². The normalized spacial score (nSPS) is 14.8. The van der Waals surface area contributed by atoms with Gasteiger partial charge >= 0.3 is 0 Å². The van der Waals surface area contributed by atoms with E-state index in [0.29, 0.717) is 11.3 Å². The van der Waals surface area contributed by atoms with E-state index in [0.717, 1.165) is 37.4 Å². The molecule has 0 N–H and O–H groups in total. The number of halogens is 3. The van der Waals surface area contributed by atoms with E-state index >= 15 is 0 Å². The first-order valence-corrected chi connectivity index (χ1v) is 8.71. The van der Waals surface area contributed by atoms with Gasteiger partial charge in [-0.25, -0.2) is 33.1 Å². The van der Waals surface area contributed by atoms with Gasteiger partial charge in [0.1, 0.15) is 17.2 Å². The highest BCUT2D eigenvalue weighted by Crippen LogP contribution is 2.37. The van der Waals surface area contributed by atoms with Crippen LogP contribution >= 0.6 is 0 Å². The zero-order valence-electron chi connectivity index (χ0n) is 14.2. The summed E-state index contributed by atoms with van der Waals surface area (Å²) in [5, 5.41) is 0.235. The first-order valence-electron chi connectivity index (χ1n) is 8.71. The highest BCUT2D eigenvalue weighted by Gasteiger charge is 2.27. The first kappa shape index (κ1) is 16.2. The largest absolute Gasteiger partial charge is 0.306 e. The second-order valence-electron chi connectivity index (χ2n) is 6.73. The summed E-state index contributed by atoms with van der Waals surface area (Å²) in [4.78, 5) is 16.9. The van der Waals surface area contributed by atoms with Crippen LogP contribution in [0, 0.1) is 17.5 Å². The van der Waals surface area contributed by atoms with E-state index in [2.05, 4.69) is 19.9 Å². The molecule has 0 aliphatic heterocycles.